The first-order valence-corrected chi connectivity index (χ1v) is 15.1. The SMILES string of the molecule is C1=C\c2ccc(-c3nc(-c4ccccc4)cc(-c4ccccc4)n3)cc2-c2ccccc2Oc2ccccc2-c2ccccc2/1. The number of hydrogen-bond acceptors (Lipinski definition) is 3. The van der Waals surface area contributed by atoms with Crippen LogP contribution in [0.2, 0.25) is 0 Å². The highest BCUT2D eigenvalue weighted by Gasteiger charge is 2.18. The van der Waals surface area contributed by atoms with Crippen molar-refractivity contribution in [1.82, 2.24) is 9.97 Å². The van der Waals surface area contributed by atoms with Crippen molar-refractivity contribution in [3.63, 3.8) is 0 Å². The highest BCUT2D eigenvalue weighted by Crippen LogP contribution is 2.42. The fraction of sp³-hybridized carbons (Fsp3) is 0. The number of fused-ring (bicyclic) bond motifs is 6. The van der Waals surface area contributed by atoms with Gasteiger partial charge in [-0.2, -0.15) is 0 Å². The minimum absolute atomic E-state index is 0.672. The molecule has 0 bridgehead atoms. The molecule has 0 unspecified atom stereocenters. The molecule has 7 aromatic rings. The van der Waals surface area contributed by atoms with Gasteiger partial charge in [0.2, 0.25) is 0 Å². The van der Waals surface area contributed by atoms with Crippen LogP contribution in [0.15, 0.2) is 158 Å². The molecule has 8 rings (SSSR count). The largest absolute Gasteiger partial charge is 0.456 e. The summed E-state index contributed by atoms with van der Waals surface area (Å²) < 4.78 is 6.73. The summed E-state index contributed by atoms with van der Waals surface area (Å²) >= 11 is 0. The lowest BCUT2D eigenvalue weighted by Crippen LogP contribution is -1.97. The summed E-state index contributed by atoms with van der Waals surface area (Å²) in [6.45, 7) is 0. The molecule has 1 aliphatic heterocycles. The topological polar surface area (TPSA) is 35.0 Å². The molecule has 0 saturated carbocycles. The maximum absolute atomic E-state index is 6.73. The van der Waals surface area contributed by atoms with Gasteiger partial charge in [0.15, 0.2) is 5.82 Å². The molecule has 3 heteroatoms. The van der Waals surface area contributed by atoms with Crippen LogP contribution in [0.3, 0.4) is 0 Å². The van der Waals surface area contributed by atoms with E-state index in [1.807, 2.05) is 60.7 Å². The zero-order valence-electron chi connectivity index (χ0n) is 24.5. The second-order valence-electron chi connectivity index (χ2n) is 11.0. The molecule has 45 heavy (non-hydrogen) atoms. The third-order valence-electron chi connectivity index (χ3n) is 8.15. The lowest BCUT2D eigenvalue weighted by Gasteiger charge is -2.16. The van der Waals surface area contributed by atoms with Gasteiger partial charge in [0.1, 0.15) is 11.5 Å². The highest BCUT2D eigenvalue weighted by atomic mass is 16.5. The van der Waals surface area contributed by atoms with Gasteiger partial charge in [-0.15, -0.1) is 0 Å². The van der Waals surface area contributed by atoms with Gasteiger partial charge in [0.25, 0.3) is 0 Å². The number of benzene rings is 6. The van der Waals surface area contributed by atoms with E-state index in [-0.39, 0.29) is 0 Å². The standard InChI is InChI=1S/C42H28N2O/c1-3-14-31(15-4-1)38-28-39(32-16-5-2-6-17-32)44-42(43-38)33-26-25-30-24-23-29-13-7-8-18-34(29)35-19-9-11-21-40(35)45-41-22-12-10-20-36(41)37(30)27-33/h1-28H/b24-23-. The second-order valence-corrected chi connectivity index (χ2v) is 11.0. The smallest absolute Gasteiger partial charge is 0.160 e. The van der Waals surface area contributed by atoms with Crippen LogP contribution in [0, 0.1) is 0 Å². The van der Waals surface area contributed by atoms with E-state index in [0.717, 1.165) is 73.0 Å². The van der Waals surface area contributed by atoms with Crippen molar-refractivity contribution in [3.05, 3.63) is 169 Å². The summed E-state index contributed by atoms with van der Waals surface area (Å²) in [5.74, 6) is 2.28. The van der Waals surface area contributed by atoms with Gasteiger partial charge < -0.3 is 4.74 Å². The minimum Gasteiger partial charge on any atom is -0.456 e. The molecule has 0 N–H and O–H groups in total. The van der Waals surface area contributed by atoms with Crippen LogP contribution in [-0.2, 0) is 0 Å². The zero-order valence-corrected chi connectivity index (χ0v) is 24.5. The molecular formula is C42H28N2O. The monoisotopic (exact) mass is 576 g/mol. The molecule has 0 spiro atoms. The maximum Gasteiger partial charge on any atom is 0.160 e. The van der Waals surface area contributed by atoms with Crippen LogP contribution in [0.4, 0.5) is 0 Å². The normalized spacial score (nSPS) is 12.4. The van der Waals surface area contributed by atoms with E-state index < -0.39 is 0 Å². The Morgan fingerprint density at radius 2 is 0.844 bits per heavy atom. The number of ether oxygens (including phenoxy) is 1. The molecule has 212 valence electrons. The van der Waals surface area contributed by atoms with Gasteiger partial charge in [-0.3, -0.25) is 0 Å². The zero-order chi connectivity index (χ0) is 30.0. The Labute approximate surface area is 262 Å². The number of nitrogens with zero attached hydrogens (tertiary/aromatic N) is 2. The Hall–Kier alpha value is -6.06. The van der Waals surface area contributed by atoms with Crippen LogP contribution in [-0.4, -0.2) is 9.97 Å². The van der Waals surface area contributed by atoms with Crippen LogP contribution < -0.4 is 4.74 Å². The Morgan fingerprint density at radius 1 is 0.356 bits per heavy atom. The third-order valence-corrected chi connectivity index (χ3v) is 8.15. The predicted octanol–water partition coefficient (Wildman–Crippen LogP) is 11.1. The fourth-order valence-corrected chi connectivity index (χ4v) is 5.91. The van der Waals surface area contributed by atoms with E-state index in [0.29, 0.717) is 5.82 Å². The molecule has 0 atom stereocenters. The van der Waals surface area contributed by atoms with Crippen LogP contribution >= 0.6 is 0 Å². The first kappa shape index (κ1) is 26.6. The second kappa shape index (κ2) is 11.6. The lowest BCUT2D eigenvalue weighted by molar-refractivity contribution is 0.486. The van der Waals surface area contributed by atoms with Crippen molar-refractivity contribution in [1.29, 1.82) is 0 Å². The number of hydrogen-bond donors (Lipinski definition) is 0. The van der Waals surface area contributed by atoms with E-state index in [4.69, 9.17) is 14.7 Å². The Bertz CT molecular complexity index is 2130. The molecule has 1 aromatic heterocycles. The average molecular weight is 577 g/mol. The summed E-state index contributed by atoms with van der Waals surface area (Å²) in [4.78, 5) is 10.2. The fourth-order valence-electron chi connectivity index (χ4n) is 5.91. The van der Waals surface area contributed by atoms with Crippen molar-refractivity contribution < 1.29 is 4.74 Å². The number of para-hydroxylation sites is 2. The number of rotatable bonds is 3. The van der Waals surface area contributed by atoms with Crippen molar-refractivity contribution in [3.8, 4) is 67.7 Å². The molecule has 0 amide bonds. The highest BCUT2D eigenvalue weighted by molar-refractivity contribution is 5.90. The third kappa shape index (κ3) is 5.21. The molecule has 0 aliphatic carbocycles. The molecular weight excluding hydrogens is 548 g/mol. The van der Waals surface area contributed by atoms with E-state index in [9.17, 15) is 0 Å². The molecule has 1 aliphatic rings. The average Bonchev–Trinajstić information content (AvgIpc) is 3.14. The molecule has 0 fully saturated rings. The van der Waals surface area contributed by atoms with Crippen LogP contribution in [0.5, 0.6) is 11.5 Å². The van der Waals surface area contributed by atoms with Gasteiger partial charge in [0, 0.05) is 27.8 Å². The Morgan fingerprint density at radius 3 is 1.47 bits per heavy atom. The summed E-state index contributed by atoms with van der Waals surface area (Å²) in [7, 11) is 0. The summed E-state index contributed by atoms with van der Waals surface area (Å²) in [5, 5.41) is 0. The van der Waals surface area contributed by atoms with Crippen LogP contribution in [0.25, 0.3) is 68.3 Å². The molecule has 0 saturated heterocycles. The Balaban J connectivity index is 1.34. The van der Waals surface area contributed by atoms with Gasteiger partial charge in [-0.1, -0.05) is 146 Å². The lowest BCUT2D eigenvalue weighted by atomic mass is 9.94. The van der Waals surface area contributed by atoms with Crippen molar-refractivity contribution in [2.45, 2.75) is 0 Å². The predicted molar refractivity (Wildman–Crippen MR) is 185 cm³/mol. The van der Waals surface area contributed by atoms with Gasteiger partial charge >= 0.3 is 0 Å². The summed E-state index contributed by atoms with van der Waals surface area (Å²) in [6.07, 6.45) is 4.39. The van der Waals surface area contributed by atoms with E-state index in [2.05, 4.69) is 109 Å². The van der Waals surface area contributed by atoms with Gasteiger partial charge in [-0.25, -0.2) is 9.97 Å². The van der Waals surface area contributed by atoms with E-state index in [1.165, 1.54) is 0 Å². The molecule has 2 heterocycles. The first-order valence-electron chi connectivity index (χ1n) is 15.1. The van der Waals surface area contributed by atoms with E-state index in [1.54, 1.807) is 0 Å². The molecule has 3 nitrogen and oxygen atoms in total. The minimum atomic E-state index is 0.672. The van der Waals surface area contributed by atoms with Crippen molar-refractivity contribution in [2.24, 2.45) is 0 Å². The van der Waals surface area contributed by atoms with Gasteiger partial charge in [-0.05, 0) is 46.5 Å². The van der Waals surface area contributed by atoms with Crippen LogP contribution in [0.1, 0.15) is 11.1 Å². The number of aromatic nitrogens is 2. The maximum atomic E-state index is 6.73. The van der Waals surface area contributed by atoms with E-state index >= 15 is 0 Å². The first-order chi connectivity index (χ1) is 22.3. The molecule has 6 aromatic carbocycles. The van der Waals surface area contributed by atoms with Crippen molar-refractivity contribution in [2.75, 3.05) is 0 Å². The molecule has 0 radical (unpaired) electrons. The quantitative estimate of drug-likeness (QED) is 0.210. The van der Waals surface area contributed by atoms with Crippen molar-refractivity contribution >= 4 is 12.2 Å². The Kier molecular flexibility index (Phi) is 6.82. The summed E-state index contributed by atoms with van der Waals surface area (Å²) in [6, 6.07) is 54.0. The summed E-state index contributed by atoms with van der Waals surface area (Å²) in [5.41, 5.74) is 11.2. The van der Waals surface area contributed by atoms with Gasteiger partial charge in [0.05, 0.1) is 11.4 Å².